The molecule has 3 nitrogen and oxygen atoms in total. The van der Waals surface area contributed by atoms with Crippen LogP contribution in [0.5, 0.6) is 11.5 Å². The molecule has 0 N–H and O–H groups in total. The maximum atomic E-state index is 6.25. The molecular formula is C36H42IN2O+. The summed E-state index contributed by atoms with van der Waals surface area (Å²) in [5, 5.41) is 0. The molecular weight excluding hydrogens is 603 g/mol. The number of hydrogen-bond donors (Lipinski definition) is 0. The minimum Gasteiger partial charge on any atom is -1.00 e. The lowest BCUT2D eigenvalue weighted by Crippen LogP contribution is -3.00. The molecule has 6 rings (SSSR count). The van der Waals surface area contributed by atoms with Crippen molar-refractivity contribution in [3.05, 3.63) is 130 Å². The summed E-state index contributed by atoms with van der Waals surface area (Å²) in [7, 11) is 9.48. The third-order valence-electron chi connectivity index (χ3n) is 9.37. The Morgan fingerprint density at radius 1 is 0.550 bits per heavy atom. The third-order valence-corrected chi connectivity index (χ3v) is 9.37. The standard InChI is InChI=1S/C36H42N2O.HI/c1-37(2)23-21-29-9-5-7-11-33(29)35(37)25-27-13-17-31(18-14-27)39-32-19-15-28(16-20-32)26-36-34-12-8-6-10-30(34)22-24-38(36,3)4;/h5-20,35-36H,21-26H2,1-4H3;1H/q+2;/p-1. The molecule has 0 fully saturated rings. The van der Waals surface area contributed by atoms with Crippen molar-refractivity contribution in [1.29, 1.82) is 0 Å². The molecule has 0 saturated carbocycles. The van der Waals surface area contributed by atoms with Crippen molar-refractivity contribution in [3.8, 4) is 11.5 Å². The second-order valence-electron chi connectivity index (χ2n) is 12.7. The van der Waals surface area contributed by atoms with Gasteiger partial charge in [-0.15, -0.1) is 0 Å². The van der Waals surface area contributed by atoms with Gasteiger partial charge in [0, 0.05) is 36.8 Å². The smallest absolute Gasteiger partial charge is 0.127 e. The van der Waals surface area contributed by atoms with Crippen LogP contribution in [0.2, 0.25) is 0 Å². The maximum Gasteiger partial charge on any atom is 0.127 e. The lowest BCUT2D eigenvalue weighted by atomic mass is 9.87. The first-order chi connectivity index (χ1) is 18.8. The normalized spacial score (nSPS) is 20.5. The molecule has 2 heterocycles. The highest BCUT2D eigenvalue weighted by Crippen LogP contribution is 2.37. The van der Waals surface area contributed by atoms with E-state index >= 15 is 0 Å². The van der Waals surface area contributed by atoms with E-state index in [1.807, 2.05) is 0 Å². The highest BCUT2D eigenvalue weighted by molar-refractivity contribution is 5.38. The average molecular weight is 646 g/mol. The molecule has 2 atom stereocenters. The van der Waals surface area contributed by atoms with Gasteiger partial charge in [-0.1, -0.05) is 72.8 Å². The van der Waals surface area contributed by atoms with E-state index in [0.717, 1.165) is 46.1 Å². The van der Waals surface area contributed by atoms with Crippen LogP contribution in [0.25, 0.3) is 0 Å². The number of benzene rings is 4. The minimum absolute atomic E-state index is 0. The number of fused-ring (bicyclic) bond motifs is 2. The van der Waals surface area contributed by atoms with Gasteiger partial charge in [0.05, 0.1) is 41.3 Å². The Morgan fingerprint density at radius 3 is 1.32 bits per heavy atom. The Kier molecular flexibility index (Phi) is 8.42. The molecule has 0 radical (unpaired) electrons. The predicted octanol–water partition coefficient (Wildman–Crippen LogP) is 4.32. The molecule has 2 aliphatic heterocycles. The average Bonchev–Trinajstić information content (AvgIpc) is 2.94. The van der Waals surface area contributed by atoms with Crippen LogP contribution in [0.1, 0.15) is 45.5 Å². The lowest BCUT2D eigenvalue weighted by molar-refractivity contribution is -0.923. The highest BCUT2D eigenvalue weighted by Gasteiger charge is 2.36. The van der Waals surface area contributed by atoms with E-state index in [9.17, 15) is 0 Å². The molecule has 0 amide bonds. The summed E-state index contributed by atoms with van der Waals surface area (Å²) in [5.74, 6) is 1.78. The third kappa shape index (κ3) is 6.00. The Bertz CT molecular complexity index is 1330. The van der Waals surface area contributed by atoms with Crippen LogP contribution in [-0.2, 0) is 25.7 Å². The molecule has 40 heavy (non-hydrogen) atoms. The number of rotatable bonds is 6. The Hall–Kier alpha value is -2.67. The Labute approximate surface area is 257 Å². The van der Waals surface area contributed by atoms with Crippen LogP contribution in [0, 0.1) is 0 Å². The number of ether oxygens (including phenoxy) is 1. The summed E-state index contributed by atoms with van der Waals surface area (Å²) in [6.07, 6.45) is 4.41. The molecule has 4 heteroatoms. The van der Waals surface area contributed by atoms with E-state index in [4.69, 9.17) is 4.74 Å². The van der Waals surface area contributed by atoms with Crippen LogP contribution < -0.4 is 28.7 Å². The topological polar surface area (TPSA) is 9.23 Å². The SMILES string of the molecule is C[N+]1(C)CCc2ccccc2C1Cc1ccc(Oc2ccc(CC3c4ccccc4CC[N+]3(C)C)cc2)cc1.[I-]. The summed E-state index contributed by atoms with van der Waals surface area (Å²) in [6.45, 7) is 2.37. The Balaban J connectivity index is 0.00000323. The van der Waals surface area contributed by atoms with E-state index < -0.39 is 0 Å². The number of likely N-dealkylation sites (N-methyl/N-ethyl adjacent to an activating group) is 2. The number of hydrogen-bond acceptors (Lipinski definition) is 1. The number of quaternary nitrogens is 2. The first-order valence-corrected chi connectivity index (χ1v) is 14.5. The van der Waals surface area contributed by atoms with Gasteiger partial charge in [-0.2, -0.15) is 0 Å². The van der Waals surface area contributed by atoms with Crippen LogP contribution in [0.3, 0.4) is 0 Å². The first kappa shape index (κ1) is 28.8. The van der Waals surface area contributed by atoms with E-state index in [-0.39, 0.29) is 24.0 Å². The zero-order valence-corrected chi connectivity index (χ0v) is 26.5. The van der Waals surface area contributed by atoms with Crippen LogP contribution in [-0.4, -0.2) is 50.2 Å². The lowest BCUT2D eigenvalue weighted by Gasteiger charge is -2.43. The van der Waals surface area contributed by atoms with E-state index in [2.05, 4.69) is 125 Å². The van der Waals surface area contributed by atoms with Crippen molar-refractivity contribution in [2.24, 2.45) is 0 Å². The predicted molar refractivity (Wildman–Crippen MR) is 160 cm³/mol. The zero-order valence-electron chi connectivity index (χ0n) is 24.3. The second kappa shape index (κ2) is 11.7. The number of nitrogens with zero attached hydrogens (tertiary/aromatic N) is 2. The largest absolute Gasteiger partial charge is 1.00 e. The zero-order chi connectivity index (χ0) is 27.0. The summed E-state index contributed by atoms with van der Waals surface area (Å²) in [6, 6.07) is 36.4. The van der Waals surface area contributed by atoms with Crippen molar-refractivity contribution in [2.75, 3.05) is 41.3 Å². The fraction of sp³-hybridized carbons (Fsp3) is 0.333. The molecule has 0 saturated heterocycles. The maximum absolute atomic E-state index is 6.25. The van der Waals surface area contributed by atoms with Gasteiger partial charge >= 0.3 is 0 Å². The van der Waals surface area contributed by atoms with Gasteiger partial charge in [-0.05, 0) is 46.5 Å². The molecule has 0 aliphatic carbocycles. The quantitative estimate of drug-likeness (QED) is 0.225. The molecule has 0 aromatic heterocycles. The van der Waals surface area contributed by atoms with Gasteiger partial charge < -0.3 is 37.7 Å². The first-order valence-electron chi connectivity index (χ1n) is 14.5. The van der Waals surface area contributed by atoms with Crippen molar-refractivity contribution in [3.63, 3.8) is 0 Å². The van der Waals surface area contributed by atoms with Crippen LogP contribution in [0.15, 0.2) is 97.1 Å². The van der Waals surface area contributed by atoms with Gasteiger partial charge in [0.2, 0.25) is 0 Å². The van der Waals surface area contributed by atoms with Gasteiger partial charge in [0.1, 0.15) is 23.6 Å². The van der Waals surface area contributed by atoms with Crippen LogP contribution >= 0.6 is 0 Å². The van der Waals surface area contributed by atoms with E-state index in [1.54, 1.807) is 0 Å². The summed E-state index contributed by atoms with van der Waals surface area (Å²) < 4.78 is 8.32. The van der Waals surface area contributed by atoms with Gasteiger partial charge in [0.15, 0.2) is 0 Å². The van der Waals surface area contributed by atoms with Crippen molar-refractivity contribution in [2.45, 2.75) is 37.8 Å². The van der Waals surface area contributed by atoms with E-state index in [0.29, 0.717) is 12.1 Å². The van der Waals surface area contributed by atoms with Crippen LogP contribution in [0.4, 0.5) is 0 Å². The minimum atomic E-state index is 0. The molecule has 0 bridgehead atoms. The number of halogens is 1. The van der Waals surface area contributed by atoms with Gasteiger partial charge in [-0.3, -0.25) is 0 Å². The van der Waals surface area contributed by atoms with Crippen molar-refractivity contribution in [1.82, 2.24) is 0 Å². The van der Waals surface area contributed by atoms with Crippen molar-refractivity contribution < 1.29 is 37.7 Å². The molecule has 4 aromatic carbocycles. The van der Waals surface area contributed by atoms with Crippen molar-refractivity contribution >= 4 is 0 Å². The fourth-order valence-electron chi connectivity index (χ4n) is 6.74. The monoisotopic (exact) mass is 645 g/mol. The molecule has 0 spiro atoms. The Morgan fingerprint density at radius 2 is 0.925 bits per heavy atom. The summed E-state index contributed by atoms with van der Waals surface area (Å²) in [5.41, 5.74) is 8.76. The molecule has 2 unspecified atom stereocenters. The van der Waals surface area contributed by atoms with Gasteiger partial charge in [-0.25, -0.2) is 0 Å². The molecule has 208 valence electrons. The molecule has 2 aliphatic rings. The van der Waals surface area contributed by atoms with Gasteiger partial charge in [0.25, 0.3) is 0 Å². The second-order valence-corrected chi connectivity index (χ2v) is 12.7. The molecule has 4 aromatic rings. The highest BCUT2D eigenvalue weighted by atomic mass is 127. The summed E-state index contributed by atoms with van der Waals surface area (Å²) >= 11 is 0. The summed E-state index contributed by atoms with van der Waals surface area (Å²) in [4.78, 5) is 0. The fourth-order valence-corrected chi connectivity index (χ4v) is 6.74. The van der Waals surface area contributed by atoms with E-state index in [1.165, 1.54) is 46.5 Å².